The lowest BCUT2D eigenvalue weighted by molar-refractivity contribution is -0.489. The van der Waals surface area contributed by atoms with Gasteiger partial charge in [0.1, 0.15) is 0 Å². The third kappa shape index (κ3) is 11.0. The average molecular weight is 828 g/mol. The van der Waals surface area contributed by atoms with Crippen LogP contribution in [0, 0.1) is 3.57 Å². The van der Waals surface area contributed by atoms with Crippen LogP contribution >= 0.6 is 45.8 Å². The largest absolute Gasteiger partial charge is 0.221 e. The monoisotopic (exact) mass is 826 g/mol. The molecule has 0 unspecified atom stereocenters. The van der Waals surface area contributed by atoms with Gasteiger partial charge in [0.05, 0.1) is 6.61 Å². The van der Waals surface area contributed by atoms with Crippen molar-refractivity contribution in [2.24, 2.45) is 0 Å². The van der Waals surface area contributed by atoms with Crippen molar-refractivity contribution in [2.45, 2.75) is 27.7 Å². The summed E-state index contributed by atoms with van der Waals surface area (Å²) in [6, 6.07) is 54.9. The topological polar surface area (TPSA) is 38.7 Å². The first kappa shape index (κ1) is 39.8. The standard InChI is InChI=1S/C20H13Cl.C16H14.C6H4ClI.C2H6O3.CH4/c21-18-6-3-5-15(13-18)16-10-11-20-17(12-16)9-8-14-4-1-2-7-19(14)20;1-2-12-7-10-16-14(11-12)9-8-13-5-3-4-6-15(13)16;7-5-2-1-3-6(8)4-5;1-2-4-5-3;/h1-13H;3-11H,2H2,1H3;1-4H;3H,2H2,1H3;1H4. The van der Waals surface area contributed by atoms with Gasteiger partial charge < -0.3 is 0 Å². The molecule has 8 rings (SSSR count). The highest BCUT2D eigenvalue weighted by atomic mass is 127. The third-order valence-electron chi connectivity index (χ3n) is 8.08. The van der Waals surface area contributed by atoms with Gasteiger partial charge in [0.15, 0.2) is 0 Å². The lowest BCUT2D eigenvalue weighted by atomic mass is 9.97. The van der Waals surface area contributed by atoms with Crippen LogP contribution in [0.2, 0.25) is 10.0 Å². The van der Waals surface area contributed by atoms with Crippen molar-refractivity contribution in [2.75, 3.05) is 6.61 Å². The maximum atomic E-state index is 7.34. The van der Waals surface area contributed by atoms with Crippen LogP contribution in [0.25, 0.3) is 54.2 Å². The highest BCUT2D eigenvalue weighted by Gasteiger charge is 2.04. The van der Waals surface area contributed by atoms with Gasteiger partial charge in [-0.3, -0.25) is 0 Å². The molecule has 8 aromatic carbocycles. The molecule has 0 amide bonds. The smallest absolute Gasteiger partial charge is 0.0825 e. The van der Waals surface area contributed by atoms with E-state index in [0.717, 1.165) is 22.0 Å². The SMILES string of the molecule is C.CCOOO.CCc1ccc2c(ccc3ccccc32)c1.Clc1cccc(-c2ccc3c(ccc4ccccc43)c2)c1.Clc1cccc(I)c1. The maximum absolute atomic E-state index is 7.34. The fourth-order valence-corrected chi connectivity index (χ4v) is 6.76. The van der Waals surface area contributed by atoms with Crippen LogP contribution < -0.4 is 0 Å². The predicted octanol–water partition coefficient (Wildman–Crippen LogP) is 14.9. The molecular weight excluding hydrogens is 786 g/mol. The van der Waals surface area contributed by atoms with E-state index in [1.165, 1.54) is 57.8 Å². The Morgan fingerprint density at radius 2 is 1.02 bits per heavy atom. The highest BCUT2D eigenvalue weighted by Crippen LogP contribution is 2.31. The van der Waals surface area contributed by atoms with Crippen LogP contribution in [0.1, 0.15) is 26.8 Å². The maximum Gasteiger partial charge on any atom is 0.0825 e. The Morgan fingerprint density at radius 3 is 1.53 bits per heavy atom. The number of halogens is 3. The van der Waals surface area contributed by atoms with E-state index in [1.807, 2.05) is 42.5 Å². The molecule has 0 aliphatic heterocycles. The van der Waals surface area contributed by atoms with Crippen molar-refractivity contribution in [3.63, 3.8) is 0 Å². The van der Waals surface area contributed by atoms with E-state index in [4.69, 9.17) is 28.5 Å². The summed E-state index contributed by atoms with van der Waals surface area (Å²) >= 11 is 14.0. The second kappa shape index (κ2) is 20.1. The Kier molecular flexibility index (Phi) is 15.7. The predicted molar refractivity (Wildman–Crippen MR) is 229 cm³/mol. The van der Waals surface area contributed by atoms with E-state index in [1.54, 1.807) is 6.92 Å². The molecule has 0 saturated carbocycles. The first-order valence-corrected chi connectivity index (χ1v) is 18.2. The molecule has 0 spiro atoms. The lowest BCUT2D eigenvalue weighted by Crippen LogP contribution is -1.84. The number of benzene rings is 8. The molecule has 0 aromatic heterocycles. The van der Waals surface area contributed by atoms with Crippen molar-refractivity contribution in [1.82, 2.24) is 0 Å². The van der Waals surface area contributed by atoms with E-state index in [0.29, 0.717) is 6.61 Å². The molecule has 0 heterocycles. The molecule has 0 aliphatic rings. The summed E-state index contributed by atoms with van der Waals surface area (Å²) in [5.74, 6) is 0. The zero-order valence-electron chi connectivity index (χ0n) is 27.8. The van der Waals surface area contributed by atoms with Gasteiger partial charge >= 0.3 is 0 Å². The first-order chi connectivity index (χ1) is 24.4. The number of fused-ring (bicyclic) bond motifs is 6. The second-order valence-electron chi connectivity index (χ2n) is 11.3. The van der Waals surface area contributed by atoms with E-state index >= 15 is 0 Å². The minimum atomic E-state index is 0. The molecule has 51 heavy (non-hydrogen) atoms. The summed E-state index contributed by atoms with van der Waals surface area (Å²) in [6.45, 7) is 4.27. The Bertz CT molecular complexity index is 2300. The van der Waals surface area contributed by atoms with Gasteiger partial charge in [-0.1, -0.05) is 164 Å². The van der Waals surface area contributed by atoms with Crippen molar-refractivity contribution in [3.8, 4) is 11.1 Å². The van der Waals surface area contributed by atoms with Crippen molar-refractivity contribution < 1.29 is 15.2 Å². The van der Waals surface area contributed by atoms with Crippen molar-refractivity contribution in [3.05, 3.63) is 177 Å². The summed E-state index contributed by atoms with van der Waals surface area (Å²) in [6.07, 6.45) is 1.10. The van der Waals surface area contributed by atoms with Crippen LogP contribution in [0.3, 0.4) is 0 Å². The number of aryl methyl sites for hydroxylation is 1. The molecule has 1 N–H and O–H groups in total. The molecule has 0 atom stereocenters. The molecule has 0 bridgehead atoms. The molecule has 6 heteroatoms. The normalized spacial score (nSPS) is 10.3. The fraction of sp³-hybridized carbons (Fsp3) is 0.111. The van der Waals surface area contributed by atoms with Crippen LogP contribution in [-0.4, -0.2) is 11.9 Å². The van der Waals surface area contributed by atoms with Gasteiger partial charge in [0.25, 0.3) is 0 Å². The van der Waals surface area contributed by atoms with Gasteiger partial charge in [-0.05, 0) is 132 Å². The molecule has 3 nitrogen and oxygen atoms in total. The van der Waals surface area contributed by atoms with Crippen LogP contribution in [0.15, 0.2) is 158 Å². The van der Waals surface area contributed by atoms with Crippen LogP contribution in [0.5, 0.6) is 0 Å². The number of hydrogen-bond acceptors (Lipinski definition) is 3. The Labute approximate surface area is 324 Å². The van der Waals surface area contributed by atoms with E-state index in [-0.39, 0.29) is 7.43 Å². The second-order valence-corrected chi connectivity index (χ2v) is 13.5. The molecule has 8 aromatic rings. The molecule has 0 fully saturated rings. The number of hydrogen-bond donors (Lipinski definition) is 1. The van der Waals surface area contributed by atoms with E-state index in [9.17, 15) is 0 Å². The molecular formula is C45H41Cl2IO3. The summed E-state index contributed by atoms with van der Waals surface area (Å²) in [5, 5.41) is 22.6. The summed E-state index contributed by atoms with van der Waals surface area (Å²) in [4.78, 5) is 3.89. The first-order valence-electron chi connectivity index (χ1n) is 16.3. The minimum absolute atomic E-state index is 0. The lowest BCUT2D eigenvalue weighted by Gasteiger charge is -2.07. The van der Waals surface area contributed by atoms with Crippen LogP contribution in [0.4, 0.5) is 0 Å². The Morgan fingerprint density at radius 1 is 0.510 bits per heavy atom. The summed E-state index contributed by atoms with van der Waals surface area (Å²) in [7, 11) is 0. The van der Waals surface area contributed by atoms with E-state index in [2.05, 4.69) is 155 Å². The van der Waals surface area contributed by atoms with Crippen LogP contribution in [-0.2, 0) is 16.3 Å². The minimum Gasteiger partial charge on any atom is -0.221 e. The summed E-state index contributed by atoms with van der Waals surface area (Å²) < 4.78 is 1.18. The molecule has 0 aliphatic carbocycles. The molecule has 260 valence electrons. The Hall–Kier alpha value is -4.01. The third-order valence-corrected chi connectivity index (χ3v) is 9.22. The van der Waals surface area contributed by atoms with Gasteiger partial charge in [-0.25, -0.2) is 10.1 Å². The van der Waals surface area contributed by atoms with Gasteiger partial charge in [-0.2, -0.15) is 0 Å². The zero-order valence-corrected chi connectivity index (χ0v) is 31.5. The van der Waals surface area contributed by atoms with Gasteiger partial charge in [-0.15, -0.1) is 0 Å². The molecule has 0 radical (unpaired) electrons. The highest BCUT2D eigenvalue weighted by molar-refractivity contribution is 14.1. The van der Waals surface area contributed by atoms with E-state index < -0.39 is 0 Å². The van der Waals surface area contributed by atoms with Gasteiger partial charge in [0.2, 0.25) is 0 Å². The fourth-order valence-electron chi connectivity index (χ4n) is 5.66. The quantitative estimate of drug-likeness (QED) is 0.0831. The van der Waals surface area contributed by atoms with Crippen molar-refractivity contribution in [1.29, 1.82) is 0 Å². The van der Waals surface area contributed by atoms with Gasteiger partial charge in [0, 0.05) is 13.6 Å². The zero-order chi connectivity index (χ0) is 35.3. The average Bonchev–Trinajstić information content (AvgIpc) is 3.15. The van der Waals surface area contributed by atoms with Crippen molar-refractivity contribution >= 4 is 88.9 Å². The molecule has 0 saturated heterocycles. The summed E-state index contributed by atoms with van der Waals surface area (Å²) in [5.41, 5.74) is 3.75. The number of rotatable bonds is 4. The Balaban J connectivity index is 0.000000171.